The molecule has 3 aromatic heterocycles. The van der Waals surface area contributed by atoms with Crippen molar-refractivity contribution in [3.63, 3.8) is 0 Å². The fourth-order valence-corrected chi connectivity index (χ4v) is 5.08. The van der Waals surface area contributed by atoms with Gasteiger partial charge in [0.2, 0.25) is 0 Å². The number of thiazole rings is 1. The van der Waals surface area contributed by atoms with Gasteiger partial charge in [-0.15, -0.1) is 11.3 Å². The van der Waals surface area contributed by atoms with Crippen LogP contribution >= 0.6 is 11.3 Å². The Hall–Kier alpha value is -3.25. The maximum atomic E-state index is 13.2. The van der Waals surface area contributed by atoms with Crippen molar-refractivity contribution in [1.29, 1.82) is 0 Å². The number of benzene rings is 1. The standard InChI is InChI=1S/C26H26N4OS/c1-26(2)12-21-24(22(31)13-26)20(10-17-6-4-3-5-7-17)25(30-21)18-8-9-28-23(11-18)29-15-19-14-27-16-32-19/h3-9,11,14,16,30H,10,12-13,15H2,1-2H3,(H,28,29). The highest BCUT2D eigenvalue weighted by atomic mass is 32.1. The van der Waals surface area contributed by atoms with Gasteiger partial charge in [-0.25, -0.2) is 4.98 Å². The number of nitrogens with one attached hydrogen (secondary N) is 2. The Bertz CT molecular complexity index is 1240. The zero-order chi connectivity index (χ0) is 22.1. The molecule has 0 spiro atoms. The van der Waals surface area contributed by atoms with Crippen LogP contribution in [0.15, 0.2) is 60.4 Å². The average molecular weight is 443 g/mol. The predicted octanol–water partition coefficient (Wildman–Crippen LogP) is 5.89. The molecule has 2 N–H and O–H groups in total. The van der Waals surface area contributed by atoms with Crippen LogP contribution in [0.3, 0.4) is 0 Å². The first-order valence-corrected chi connectivity index (χ1v) is 11.7. The summed E-state index contributed by atoms with van der Waals surface area (Å²) >= 11 is 1.62. The molecule has 3 heterocycles. The maximum Gasteiger partial charge on any atom is 0.165 e. The molecule has 162 valence electrons. The van der Waals surface area contributed by atoms with Gasteiger partial charge in [0.25, 0.3) is 0 Å². The smallest absolute Gasteiger partial charge is 0.165 e. The molecule has 0 bridgehead atoms. The molecule has 32 heavy (non-hydrogen) atoms. The van der Waals surface area contributed by atoms with Gasteiger partial charge in [0, 0.05) is 46.9 Å². The molecule has 1 aliphatic rings. The monoisotopic (exact) mass is 442 g/mol. The van der Waals surface area contributed by atoms with Gasteiger partial charge in [-0.05, 0) is 35.1 Å². The topological polar surface area (TPSA) is 70.7 Å². The Kier molecular flexibility index (Phi) is 5.39. The summed E-state index contributed by atoms with van der Waals surface area (Å²) in [5, 5.41) is 3.39. The second-order valence-electron chi connectivity index (χ2n) is 9.19. The number of hydrogen-bond acceptors (Lipinski definition) is 5. The molecule has 0 unspecified atom stereocenters. The first-order chi connectivity index (χ1) is 15.5. The molecule has 0 fully saturated rings. The number of ketones is 1. The Morgan fingerprint density at radius 3 is 2.78 bits per heavy atom. The van der Waals surface area contributed by atoms with Gasteiger partial charge in [-0.1, -0.05) is 44.2 Å². The highest BCUT2D eigenvalue weighted by molar-refractivity contribution is 7.09. The maximum absolute atomic E-state index is 13.2. The molecule has 0 atom stereocenters. The van der Waals surface area contributed by atoms with Gasteiger partial charge in [0.15, 0.2) is 5.78 Å². The van der Waals surface area contributed by atoms with Gasteiger partial charge in [0.05, 0.1) is 17.7 Å². The van der Waals surface area contributed by atoms with E-state index in [1.165, 1.54) is 5.56 Å². The number of aromatic amines is 1. The number of H-pyrrole nitrogens is 1. The third kappa shape index (κ3) is 4.23. The minimum absolute atomic E-state index is 0.0318. The number of aromatic nitrogens is 3. The number of carbonyl (C=O) groups excluding carboxylic acids is 1. The molecule has 1 aromatic carbocycles. The van der Waals surface area contributed by atoms with E-state index in [-0.39, 0.29) is 11.2 Å². The second kappa shape index (κ2) is 8.36. The molecule has 0 aliphatic heterocycles. The molecular formula is C26H26N4OS. The third-order valence-electron chi connectivity index (χ3n) is 5.95. The third-order valence-corrected chi connectivity index (χ3v) is 6.73. The number of fused-ring (bicyclic) bond motifs is 1. The van der Waals surface area contributed by atoms with Crippen LogP contribution in [-0.4, -0.2) is 20.7 Å². The van der Waals surface area contributed by atoms with Gasteiger partial charge in [-0.2, -0.15) is 0 Å². The lowest BCUT2D eigenvalue weighted by Crippen LogP contribution is -2.27. The minimum Gasteiger partial charge on any atom is -0.365 e. The number of nitrogens with zero attached hydrogens (tertiary/aromatic N) is 2. The van der Waals surface area contributed by atoms with Gasteiger partial charge in [-0.3, -0.25) is 9.78 Å². The fourth-order valence-electron chi connectivity index (χ4n) is 4.54. The Morgan fingerprint density at radius 1 is 1.16 bits per heavy atom. The van der Waals surface area contributed by atoms with E-state index in [0.29, 0.717) is 13.0 Å². The summed E-state index contributed by atoms with van der Waals surface area (Å²) in [7, 11) is 0. The second-order valence-corrected chi connectivity index (χ2v) is 10.2. The minimum atomic E-state index is -0.0318. The highest BCUT2D eigenvalue weighted by Crippen LogP contribution is 2.40. The van der Waals surface area contributed by atoms with Crippen molar-refractivity contribution in [2.45, 2.75) is 39.7 Å². The molecular weight excluding hydrogens is 416 g/mol. The molecule has 0 amide bonds. The van der Waals surface area contributed by atoms with Crippen LogP contribution in [-0.2, 0) is 19.4 Å². The zero-order valence-electron chi connectivity index (χ0n) is 18.3. The Labute approximate surface area is 192 Å². The lowest BCUT2D eigenvalue weighted by atomic mass is 9.75. The van der Waals surface area contributed by atoms with Crippen molar-refractivity contribution in [3.8, 4) is 11.3 Å². The molecule has 0 radical (unpaired) electrons. The van der Waals surface area contributed by atoms with E-state index in [9.17, 15) is 4.79 Å². The van der Waals surface area contributed by atoms with E-state index in [0.717, 1.165) is 51.6 Å². The zero-order valence-corrected chi connectivity index (χ0v) is 19.1. The van der Waals surface area contributed by atoms with E-state index in [4.69, 9.17) is 0 Å². The van der Waals surface area contributed by atoms with Gasteiger partial charge in [0.1, 0.15) is 5.82 Å². The summed E-state index contributed by atoms with van der Waals surface area (Å²) in [5.41, 5.74) is 8.10. The first-order valence-electron chi connectivity index (χ1n) is 10.9. The van der Waals surface area contributed by atoms with Crippen molar-refractivity contribution in [2.24, 2.45) is 5.41 Å². The molecule has 6 heteroatoms. The largest absolute Gasteiger partial charge is 0.365 e. The van der Waals surface area contributed by atoms with Crippen molar-refractivity contribution in [3.05, 3.63) is 87.6 Å². The van der Waals surface area contributed by atoms with E-state index in [1.807, 2.05) is 42.2 Å². The SMILES string of the molecule is CC1(C)CC(=O)c2c([nH]c(-c3ccnc(NCc4cncs4)c3)c2Cc2ccccc2)C1. The summed E-state index contributed by atoms with van der Waals surface area (Å²) < 4.78 is 0. The number of Topliss-reactive ketones (excluding diaryl/α,β-unsaturated/α-hetero) is 1. The van der Waals surface area contributed by atoms with E-state index >= 15 is 0 Å². The molecule has 0 saturated carbocycles. The van der Waals surface area contributed by atoms with Crippen molar-refractivity contribution < 1.29 is 4.79 Å². The van der Waals surface area contributed by atoms with Gasteiger partial charge >= 0.3 is 0 Å². The Balaban J connectivity index is 1.54. The molecule has 0 saturated heterocycles. The van der Waals surface area contributed by atoms with Crippen LogP contribution in [0, 0.1) is 5.41 Å². The van der Waals surface area contributed by atoms with E-state index < -0.39 is 0 Å². The van der Waals surface area contributed by atoms with Crippen LogP contribution < -0.4 is 5.32 Å². The van der Waals surface area contributed by atoms with Crippen LogP contribution in [0.1, 0.15) is 52.3 Å². The van der Waals surface area contributed by atoms with Crippen LogP contribution in [0.2, 0.25) is 0 Å². The lowest BCUT2D eigenvalue weighted by Gasteiger charge is -2.28. The number of rotatable bonds is 6. The van der Waals surface area contributed by atoms with E-state index in [2.05, 4.69) is 52.3 Å². The summed E-state index contributed by atoms with van der Waals surface area (Å²) in [6, 6.07) is 14.4. The molecule has 1 aliphatic carbocycles. The number of anilines is 1. The quantitative estimate of drug-likeness (QED) is 0.390. The number of hydrogen-bond donors (Lipinski definition) is 2. The Morgan fingerprint density at radius 2 is 2.00 bits per heavy atom. The predicted molar refractivity (Wildman–Crippen MR) is 129 cm³/mol. The number of pyridine rings is 1. The normalized spacial score (nSPS) is 14.9. The van der Waals surface area contributed by atoms with Crippen LogP contribution in [0.5, 0.6) is 0 Å². The van der Waals surface area contributed by atoms with Gasteiger partial charge < -0.3 is 10.3 Å². The molecule has 5 rings (SSSR count). The highest BCUT2D eigenvalue weighted by Gasteiger charge is 2.35. The average Bonchev–Trinajstić information content (AvgIpc) is 3.41. The molecule has 5 nitrogen and oxygen atoms in total. The molecule has 4 aromatic rings. The van der Waals surface area contributed by atoms with Crippen molar-refractivity contribution in [2.75, 3.05) is 5.32 Å². The summed E-state index contributed by atoms with van der Waals surface area (Å²) in [5.74, 6) is 1.04. The lowest BCUT2D eigenvalue weighted by molar-refractivity contribution is 0.0911. The summed E-state index contributed by atoms with van der Waals surface area (Å²) in [4.78, 5) is 26.6. The van der Waals surface area contributed by atoms with Crippen LogP contribution in [0.25, 0.3) is 11.3 Å². The van der Waals surface area contributed by atoms with Crippen LogP contribution in [0.4, 0.5) is 5.82 Å². The summed E-state index contributed by atoms with van der Waals surface area (Å²) in [6.07, 6.45) is 5.86. The first kappa shape index (κ1) is 20.6. The fraction of sp³-hybridized carbons (Fsp3) is 0.269. The van der Waals surface area contributed by atoms with Crippen molar-refractivity contribution >= 4 is 22.9 Å². The van der Waals surface area contributed by atoms with E-state index in [1.54, 1.807) is 11.3 Å². The summed E-state index contributed by atoms with van der Waals surface area (Å²) in [6.45, 7) is 5.02. The number of carbonyl (C=O) groups is 1. The van der Waals surface area contributed by atoms with Crippen molar-refractivity contribution in [1.82, 2.24) is 15.0 Å².